The molecular weight excluding hydrogens is 212 g/mol. The van der Waals surface area contributed by atoms with Gasteiger partial charge in [0.15, 0.2) is 0 Å². The molecule has 2 rings (SSSR count). The van der Waals surface area contributed by atoms with Crippen LogP contribution in [0.5, 0.6) is 0 Å². The molecule has 7 N–H and O–H groups in total. The van der Waals surface area contributed by atoms with Gasteiger partial charge in [0.2, 0.25) is 0 Å². The maximum Gasteiger partial charge on any atom is 0.0487 e. The highest BCUT2D eigenvalue weighted by molar-refractivity contribution is 5.70. The number of aryl methyl sites for hydroxylation is 1. The first kappa shape index (κ1) is 12.2. The SMILES string of the molecule is Cc1ccc(C2=C(N)C(N)C(C)C(N)C2C)[nH]1. The number of aromatic amines is 1. The Hall–Kier alpha value is -1.26. The standard InChI is InChI=1S/C13H22N4/c1-6-4-5-9(17-6)10-7(2)11(14)8(3)12(15)13(10)16/h4-5,7-8,11-12,17H,14-16H2,1-3H3. The van der Waals surface area contributed by atoms with Crippen LogP contribution in [0.15, 0.2) is 17.8 Å². The summed E-state index contributed by atoms with van der Waals surface area (Å²) < 4.78 is 0. The number of hydrogen-bond acceptors (Lipinski definition) is 3. The number of aromatic nitrogens is 1. The highest BCUT2D eigenvalue weighted by atomic mass is 14.8. The first-order valence-corrected chi connectivity index (χ1v) is 6.10. The summed E-state index contributed by atoms with van der Waals surface area (Å²) in [5.41, 5.74) is 22.6. The van der Waals surface area contributed by atoms with Gasteiger partial charge in [-0.2, -0.15) is 0 Å². The smallest absolute Gasteiger partial charge is 0.0487 e. The van der Waals surface area contributed by atoms with Crippen LogP contribution in [-0.4, -0.2) is 17.1 Å². The van der Waals surface area contributed by atoms with Crippen molar-refractivity contribution in [2.24, 2.45) is 29.0 Å². The normalized spacial score (nSPS) is 34.2. The lowest BCUT2D eigenvalue weighted by Crippen LogP contribution is -2.51. The van der Waals surface area contributed by atoms with E-state index in [1.165, 1.54) is 0 Å². The average Bonchev–Trinajstić information content (AvgIpc) is 2.71. The molecular formula is C13H22N4. The van der Waals surface area contributed by atoms with Crippen molar-refractivity contribution in [1.29, 1.82) is 0 Å². The number of hydrogen-bond donors (Lipinski definition) is 4. The lowest BCUT2D eigenvalue weighted by atomic mass is 9.74. The van der Waals surface area contributed by atoms with Gasteiger partial charge in [-0.25, -0.2) is 0 Å². The second-order valence-corrected chi connectivity index (χ2v) is 5.17. The van der Waals surface area contributed by atoms with E-state index in [2.05, 4.69) is 18.8 Å². The molecule has 0 aromatic carbocycles. The average molecular weight is 234 g/mol. The summed E-state index contributed by atoms with van der Waals surface area (Å²) in [6.07, 6.45) is 0. The largest absolute Gasteiger partial charge is 0.400 e. The predicted molar refractivity (Wildman–Crippen MR) is 70.9 cm³/mol. The first-order chi connectivity index (χ1) is 7.93. The fourth-order valence-electron chi connectivity index (χ4n) is 2.67. The van der Waals surface area contributed by atoms with E-state index in [4.69, 9.17) is 17.2 Å². The fraction of sp³-hybridized carbons (Fsp3) is 0.538. The maximum absolute atomic E-state index is 6.23. The number of nitrogens with one attached hydrogen (secondary N) is 1. The Labute approximate surface area is 102 Å². The minimum Gasteiger partial charge on any atom is -0.400 e. The van der Waals surface area contributed by atoms with Crippen LogP contribution < -0.4 is 17.2 Å². The molecule has 0 saturated carbocycles. The summed E-state index contributed by atoms with van der Waals surface area (Å²) in [7, 11) is 0. The fourth-order valence-corrected chi connectivity index (χ4v) is 2.67. The highest BCUT2D eigenvalue weighted by Gasteiger charge is 2.36. The molecule has 0 spiro atoms. The Bertz CT molecular complexity index is 446. The van der Waals surface area contributed by atoms with Crippen molar-refractivity contribution in [3.63, 3.8) is 0 Å². The summed E-state index contributed by atoms with van der Waals surface area (Å²) in [5, 5.41) is 0. The van der Waals surface area contributed by atoms with Gasteiger partial charge >= 0.3 is 0 Å². The quantitative estimate of drug-likeness (QED) is 0.582. The zero-order valence-corrected chi connectivity index (χ0v) is 10.7. The zero-order chi connectivity index (χ0) is 12.7. The number of nitrogens with two attached hydrogens (primary N) is 3. The van der Waals surface area contributed by atoms with Crippen LogP contribution in [0, 0.1) is 18.8 Å². The Morgan fingerprint density at radius 1 is 1.18 bits per heavy atom. The van der Waals surface area contributed by atoms with Gasteiger partial charge in [-0.1, -0.05) is 13.8 Å². The molecule has 0 aliphatic heterocycles. The molecule has 94 valence electrons. The van der Waals surface area contributed by atoms with Crippen molar-refractivity contribution in [2.45, 2.75) is 32.9 Å². The van der Waals surface area contributed by atoms with Gasteiger partial charge in [0.1, 0.15) is 0 Å². The Balaban J connectivity index is 2.50. The lowest BCUT2D eigenvalue weighted by molar-refractivity contribution is 0.337. The van der Waals surface area contributed by atoms with E-state index in [9.17, 15) is 0 Å². The van der Waals surface area contributed by atoms with Crippen LogP contribution in [0.4, 0.5) is 0 Å². The molecule has 0 amide bonds. The molecule has 1 aromatic heterocycles. The van der Waals surface area contributed by atoms with Crippen LogP contribution >= 0.6 is 0 Å². The first-order valence-electron chi connectivity index (χ1n) is 6.10. The second-order valence-electron chi connectivity index (χ2n) is 5.17. The lowest BCUT2D eigenvalue weighted by Gasteiger charge is -2.38. The molecule has 17 heavy (non-hydrogen) atoms. The molecule has 0 saturated heterocycles. The van der Waals surface area contributed by atoms with Crippen molar-refractivity contribution in [3.05, 3.63) is 29.2 Å². The van der Waals surface area contributed by atoms with Crippen LogP contribution in [0.25, 0.3) is 5.57 Å². The zero-order valence-electron chi connectivity index (χ0n) is 10.7. The van der Waals surface area contributed by atoms with Crippen molar-refractivity contribution in [2.75, 3.05) is 0 Å². The molecule has 4 atom stereocenters. The van der Waals surface area contributed by atoms with Gasteiger partial charge in [-0.05, 0) is 25.0 Å². The predicted octanol–water partition coefficient (Wildman–Crippen LogP) is 0.933. The van der Waals surface area contributed by atoms with Crippen molar-refractivity contribution in [3.8, 4) is 0 Å². The molecule has 1 heterocycles. The summed E-state index contributed by atoms with van der Waals surface area (Å²) >= 11 is 0. The molecule has 0 bridgehead atoms. The third-order valence-corrected chi connectivity index (χ3v) is 4.00. The number of rotatable bonds is 1. The summed E-state index contributed by atoms with van der Waals surface area (Å²) in [6, 6.07) is 3.98. The molecule has 1 aliphatic carbocycles. The Morgan fingerprint density at radius 3 is 2.35 bits per heavy atom. The maximum atomic E-state index is 6.23. The minimum absolute atomic E-state index is 0.0518. The molecule has 1 aromatic rings. The van der Waals surface area contributed by atoms with Gasteiger partial charge in [0.25, 0.3) is 0 Å². The Kier molecular flexibility index (Phi) is 3.02. The molecule has 4 heteroatoms. The van der Waals surface area contributed by atoms with Crippen LogP contribution in [-0.2, 0) is 0 Å². The van der Waals surface area contributed by atoms with Crippen molar-refractivity contribution < 1.29 is 0 Å². The second kappa shape index (κ2) is 4.20. The van der Waals surface area contributed by atoms with E-state index in [0.717, 1.165) is 22.7 Å². The summed E-state index contributed by atoms with van der Waals surface area (Å²) in [4.78, 5) is 3.31. The summed E-state index contributed by atoms with van der Waals surface area (Å²) in [5.74, 6) is 0.438. The van der Waals surface area contributed by atoms with E-state index in [0.29, 0.717) is 0 Å². The molecule has 0 radical (unpaired) electrons. The van der Waals surface area contributed by atoms with Gasteiger partial charge in [-0.3, -0.25) is 0 Å². The van der Waals surface area contributed by atoms with Gasteiger partial charge in [-0.15, -0.1) is 0 Å². The van der Waals surface area contributed by atoms with Crippen LogP contribution in [0.2, 0.25) is 0 Å². The minimum atomic E-state index is -0.153. The summed E-state index contributed by atoms with van der Waals surface area (Å²) in [6.45, 7) is 6.21. The third-order valence-electron chi connectivity index (χ3n) is 4.00. The van der Waals surface area contributed by atoms with E-state index < -0.39 is 0 Å². The van der Waals surface area contributed by atoms with Gasteiger partial charge < -0.3 is 22.2 Å². The van der Waals surface area contributed by atoms with Crippen LogP contribution in [0.1, 0.15) is 25.2 Å². The molecule has 4 unspecified atom stereocenters. The van der Waals surface area contributed by atoms with Gasteiger partial charge in [0.05, 0.1) is 0 Å². The highest BCUT2D eigenvalue weighted by Crippen LogP contribution is 2.36. The molecule has 0 fully saturated rings. The monoisotopic (exact) mass is 234 g/mol. The van der Waals surface area contributed by atoms with E-state index in [1.807, 2.05) is 19.1 Å². The third kappa shape index (κ3) is 1.87. The van der Waals surface area contributed by atoms with Crippen molar-refractivity contribution in [1.82, 2.24) is 4.98 Å². The molecule has 4 nitrogen and oxygen atoms in total. The van der Waals surface area contributed by atoms with E-state index in [1.54, 1.807) is 0 Å². The molecule has 1 aliphatic rings. The Morgan fingerprint density at radius 2 is 1.82 bits per heavy atom. The van der Waals surface area contributed by atoms with E-state index in [-0.39, 0.29) is 23.9 Å². The number of H-pyrrole nitrogens is 1. The van der Waals surface area contributed by atoms with Crippen molar-refractivity contribution >= 4 is 5.57 Å². The topological polar surface area (TPSA) is 93.8 Å². The van der Waals surface area contributed by atoms with Crippen LogP contribution in [0.3, 0.4) is 0 Å². The van der Waals surface area contributed by atoms with E-state index >= 15 is 0 Å². The van der Waals surface area contributed by atoms with Gasteiger partial charge in [0, 0.05) is 40.7 Å².